The molecule has 1 saturated heterocycles. The summed E-state index contributed by atoms with van der Waals surface area (Å²) in [6.07, 6.45) is 3.42. The molecule has 18 heavy (non-hydrogen) atoms. The van der Waals surface area contributed by atoms with Crippen molar-refractivity contribution in [2.24, 2.45) is 5.41 Å². The molecule has 2 N–H and O–H groups in total. The van der Waals surface area contributed by atoms with Gasteiger partial charge in [-0.05, 0) is 31.7 Å². The van der Waals surface area contributed by atoms with Crippen molar-refractivity contribution in [1.82, 2.24) is 15.3 Å². The molecule has 1 atom stereocenters. The van der Waals surface area contributed by atoms with E-state index in [-0.39, 0.29) is 0 Å². The number of rotatable bonds is 4. The standard InChI is InChI=1S/C14H24N4/c1-4-12-17-11(2)8-13(18-12)16-10-14(3)6-5-7-15-9-14/h8,15H,4-7,9-10H2,1-3H3,(H,16,17,18). The Hall–Kier alpha value is -1.16. The van der Waals surface area contributed by atoms with Crippen LogP contribution in [-0.4, -0.2) is 29.6 Å². The van der Waals surface area contributed by atoms with Crippen molar-refractivity contribution < 1.29 is 0 Å². The summed E-state index contributed by atoms with van der Waals surface area (Å²) >= 11 is 0. The Labute approximate surface area is 110 Å². The van der Waals surface area contributed by atoms with Crippen LogP contribution in [0.25, 0.3) is 0 Å². The second kappa shape index (κ2) is 5.65. The van der Waals surface area contributed by atoms with Gasteiger partial charge in [0.15, 0.2) is 0 Å². The highest BCUT2D eigenvalue weighted by Gasteiger charge is 2.26. The second-order valence-electron chi connectivity index (χ2n) is 5.61. The lowest BCUT2D eigenvalue weighted by Crippen LogP contribution is -2.42. The number of anilines is 1. The molecule has 4 heteroatoms. The van der Waals surface area contributed by atoms with E-state index in [2.05, 4.69) is 34.4 Å². The molecule has 0 aliphatic carbocycles. The fourth-order valence-electron chi connectivity index (χ4n) is 2.45. The van der Waals surface area contributed by atoms with Crippen LogP contribution in [0.2, 0.25) is 0 Å². The van der Waals surface area contributed by atoms with Crippen LogP contribution in [0.4, 0.5) is 5.82 Å². The molecule has 0 spiro atoms. The topological polar surface area (TPSA) is 49.8 Å². The first-order chi connectivity index (χ1) is 8.61. The molecule has 1 fully saturated rings. The Morgan fingerprint density at radius 3 is 2.94 bits per heavy atom. The molecule has 100 valence electrons. The van der Waals surface area contributed by atoms with Crippen LogP contribution in [0.3, 0.4) is 0 Å². The second-order valence-corrected chi connectivity index (χ2v) is 5.61. The molecule has 2 rings (SSSR count). The number of aromatic nitrogens is 2. The maximum absolute atomic E-state index is 4.52. The molecule has 1 aliphatic rings. The number of nitrogens with one attached hydrogen (secondary N) is 2. The normalized spacial score (nSPS) is 23.9. The molecule has 1 aromatic rings. The van der Waals surface area contributed by atoms with Gasteiger partial charge in [-0.2, -0.15) is 0 Å². The minimum absolute atomic E-state index is 0.337. The minimum Gasteiger partial charge on any atom is -0.369 e. The number of hydrogen-bond donors (Lipinski definition) is 2. The molecule has 1 aliphatic heterocycles. The summed E-state index contributed by atoms with van der Waals surface area (Å²) in [7, 11) is 0. The molecule has 2 heterocycles. The maximum atomic E-state index is 4.52. The van der Waals surface area contributed by atoms with E-state index in [4.69, 9.17) is 0 Å². The molecule has 4 nitrogen and oxygen atoms in total. The van der Waals surface area contributed by atoms with Gasteiger partial charge in [0.1, 0.15) is 11.6 Å². The largest absolute Gasteiger partial charge is 0.369 e. The van der Waals surface area contributed by atoms with E-state index in [0.717, 1.165) is 43.4 Å². The van der Waals surface area contributed by atoms with E-state index in [1.54, 1.807) is 0 Å². The highest BCUT2D eigenvalue weighted by molar-refractivity contribution is 5.36. The molecule has 1 aromatic heterocycles. The van der Waals surface area contributed by atoms with Crippen LogP contribution in [0.5, 0.6) is 0 Å². The van der Waals surface area contributed by atoms with Gasteiger partial charge in [0.25, 0.3) is 0 Å². The fourth-order valence-corrected chi connectivity index (χ4v) is 2.45. The van der Waals surface area contributed by atoms with E-state index in [9.17, 15) is 0 Å². The first kappa shape index (κ1) is 13.3. The summed E-state index contributed by atoms with van der Waals surface area (Å²) in [5.41, 5.74) is 1.38. The van der Waals surface area contributed by atoms with Gasteiger partial charge in [-0.3, -0.25) is 0 Å². The van der Waals surface area contributed by atoms with Gasteiger partial charge in [-0.25, -0.2) is 9.97 Å². The summed E-state index contributed by atoms with van der Waals surface area (Å²) in [5.74, 6) is 1.88. The van der Waals surface area contributed by atoms with Crippen LogP contribution in [-0.2, 0) is 6.42 Å². The van der Waals surface area contributed by atoms with E-state index >= 15 is 0 Å². The zero-order valence-corrected chi connectivity index (χ0v) is 11.7. The fraction of sp³-hybridized carbons (Fsp3) is 0.714. The lowest BCUT2D eigenvalue weighted by atomic mass is 9.83. The predicted molar refractivity (Wildman–Crippen MR) is 74.8 cm³/mol. The van der Waals surface area contributed by atoms with Crippen LogP contribution in [0.1, 0.15) is 38.2 Å². The quantitative estimate of drug-likeness (QED) is 0.857. The van der Waals surface area contributed by atoms with Gasteiger partial charge in [0.05, 0.1) is 0 Å². The van der Waals surface area contributed by atoms with Gasteiger partial charge in [-0.1, -0.05) is 13.8 Å². The average Bonchev–Trinajstić information content (AvgIpc) is 2.37. The third-order valence-electron chi connectivity index (χ3n) is 3.60. The van der Waals surface area contributed by atoms with Crippen molar-refractivity contribution in [2.75, 3.05) is 25.0 Å². The monoisotopic (exact) mass is 248 g/mol. The minimum atomic E-state index is 0.337. The third kappa shape index (κ3) is 3.42. The smallest absolute Gasteiger partial charge is 0.130 e. The zero-order chi connectivity index (χ0) is 13.0. The third-order valence-corrected chi connectivity index (χ3v) is 3.60. The molecule has 0 saturated carbocycles. The maximum Gasteiger partial charge on any atom is 0.130 e. The summed E-state index contributed by atoms with van der Waals surface area (Å²) in [6, 6.07) is 2.03. The Morgan fingerprint density at radius 2 is 2.28 bits per heavy atom. The Bertz CT molecular complexity index is 397. The Kier molecular flexibility index (Phi) is 4.17. The highest BCUT2D eigenvalue weighted by Crippen LogP contribution is 2.25. The van der Waals surface area contributed by atoms with Gasteiger partial charge >= 0.3 is 0 Å². The summed E-state index contributed by atoms with van der Waals surface area (Å²) < 4.78 is 0. The van der Waals surface area contributed by atoms with Gasteiger partial charge < -0.3 is 10.6 Å². The van der Waals surface area contributed by atoms with E-state index in [1.165, 1.54) is 12.8 Å². The van der Waals surface area contributed by atoms with Crippen molar-refractivity contribution in [1.29, 1.82) is 0 Å². The van der Waals surface area contributed by atoms with E-state index in [0.29, 0.717) is 5.41 Å². The summed E-state index contributed by atoms with van der Waals surface area (Å²) in [5, 5.41) is 6.95. The van der Waals surface area contributed by atoms with Crippen LogP contribution in [0.15, 0.2) is 6.07 Å². The molecule has 0 bridgehead atoms. The van der Waals surface area contributed by atoms with Gasteiger partial charge in [0.2, 0.25) is 0 Å². The van der Waals surface area contributed by atoms with Crippen molar-refractivity contribution in [3.63, 3.8) is 0 Å². The Balaban J connectivity index is 1.98. The number of piperidine rings is 1. The molecular formula is C14H24N4. The van der Waals surface area contributed by atoms with Gasteiger partial charge in [-0.15, -0.1) is 0 Å². The number of aryl methyl sites for hydroxylation is 2. The van der Waals surface area contributed by atoms with Gasteiger partial charge in [0, 0.05) is 31.3 Å². The molecule has 1 unspecified atom stereocenters. The van der Waals surface area contributed by atoms with E-state index in [1.807, 2.05) is 13.0 Å². The zero-order valence-electron chi connectivity index (χ0n) is 11.7. The summed E-state index contributed by atoms with van der Waals surface area (Å²) in [6.45, 7) is 9.66. The van der Waals surface area contributed by atoms with Crippen molar-refractivity contribution in [2.45, 2.75) is 40.0 Å². The average molecular weight is 248 g/mol. The van der Waals surface area contributed by atoms with Crippen LogP contribution in [0, 0.1) is 12.3 Å². The summed E-state index contributed by atoms with van der Waals surface area (Å²) in [4.78, 5) is 8.93. The van der Waals surface area contributed by atoms with Crippen molar-refractivity contribution in [3.8, 4) is 0 Å². The van der Waals surface area contributed by atoms with E-state index < -0.39 is 0 Å². The molecule has 0 amide bonds. The lowest BCUT2D eigenvalue weighted by molar-refractivity contribution is 0.253. The Morgan fingerprint density at radius 1 is 1.44 bits per heavy atom. The molecular weight excluding hydrogens is 224 g/mol. The van der Waals surface area contributed by atoms with Crippen molar-refractivity contribution in [3.05, 3.63) is 17.6 Å². The van der Waals surface area contributed by atoms with Crippen LogP contribution >= 0.6 is 0 Å². The lowest BCUT2D eigenvalue weighted by Gasteiger charge is -2.34. The number of hydrogen-bond acceptors (Lipinski definition) is 4. The van der Waals surface area contributed by atoms with Crippen molar-refractivity contribution >= 4 is 5.82 Å². The number of nitrogens with zero attached hydrogens (tertiary/aromatic N) is 2. The first-order valence-electron chi connectivity index (χ1n) is 6.90. The molecule has 0 radical (unpaired) electrons. The highest BCUT2D eigenvalue weighted by atomic mass is 15.0. The first-order valence-corrected chi connectivity index (χ1v) is 6.90. The molecule has 0 aromatic carbocycles. The van der Waals surface area contributed by atoms with Crippen LogP contribution < -0.4 is 10.6 Å². The predicted octanol–water partition coefficient (Wildman–Crippen LogP) is 2.15. The SMILES string of the molecule is CCc1nc(C)cc(NCC2(C)CCCNC2)n1.